The highest BCUT2D eigenvalue weighted by Crippen LogP contribution is 2.51. The Hall–Kier alpha value is -1.76. The molecule has 1 aromatic carbocycles. The molecule has 2 aliphatic rings. The molecule has 2 fully saturated rings. The van der Waals surface area contributed by atoms with E-state index < -0.39 is 12.5 Å². The van der Waals surface area contributed by atoms with Crippen molar-refractivity contribution in [3.8, 4) is 5.75 Å². The number of halogens is 3. The second-order valence-corrected chi connectivity index (χ2v) is 6.11. The number of amides is 1. The van der Waals surface area contributed by atoms with Crippen LogP contribution in [-0.4, -0.2) is 41.5 Å². The summed E-state index contributed by atoms with van der Waals surface area (Å²) in [5.74, 6) is -0.895. The van der Waals surface area contributed by atoms with Crippen LogP contribution in [-0.2, 0) is 4.79 Å². The van der Waals surface area contributed by atoms with E-state index in [1.54, 1.807) is 17.0 Å². The molecule has 1 heterocycles. The van der Waals surface area contributed by atoms with Gasteiger partial charge in [0.25, 0.3) is 0 Å². The summed E-state index contributed by atoms with van der Waals surface area (Å²) >= 11 is 0. The predicted octanol–water partition coefficient (Wildman–Crippen LogP) is 2.67. The van der Waals surface area contributed by atoms with Crippen LogP contribution < -0.4 is 4.74 Å². The number of nitrogens with zero attached hydrogens (tertiary/aromatic N) is 1. The van der Waals surface area contributed by atoms with E-state index >= 15 is 0 Å². The van der Waals surface area contributed by atoms with Gasteiger partial charge in [0.05, 0.1) is 6.10 Å². The lowest BCUT2D eigenvalue weighted by atomic mass is 10.1. The zero-order chi connectivity index (χ0) is 16.6. The second-order valence-electron chi connectivity index (χ2n) is 6.11. The van der Waals surface area contributed by atoms with Crippen molar-refractivity contribution in [2.45, 2.75) is 37.6 Å². The van der Waals surface area contributed by atoms with Gasteiger partial charge in [-0.25, -0.2) is 0 Å². The van der Waals surface area contributed by atoms with Gasteiger partial charge in [0.2, 0.25) is 5.91 Å². The van der Waals surface area contributed by atoms with Crippen molar-refractivity contribution >= 4 is 5.91 Å². The third kappa shape index (κ3) is 3.77. The van der Waals surface area contributed by atoms with E-state index in [-0.39, 0.29) is 23.5 Å². The quantitative estimate of drug-likeness (QED) is 0.927. The van der Waals surface area contributed by atoms with E-state index in [0.717, 1.165) is 6.42 Å². The highest BCUT2D eigenvalue weighted by atomic mass is 19.4. The fourth-order valence-corrected chi connectivity index (χ4v) is 3.21. The lowest BCUT2D eigenvalue weighted by molar-refractivity contribution is -0.274. The minimum atomic E-state index is -4.75. The summed E-state index contributed by atoms with van der Waals surface area (Å²) in [5, 5.41) is 9.65. The first kappa shape index (κ1) is 16.1. The number of piperidine rings is 1. The molecule has 0 bridgehead atoms. The average molecular weight is 329 g/mol. The van der Waals surface area contributed by atoms with Crippen LogP contribution in [0.1, 0.15) is 30.7 Å². The van der Waals surface area contributed by atoms with Crippen molar-refractivity contribution in [2.24, 2.45) is 5.92 Å². The molecule has 1 aliphatic heterocycles. The Morgan fingerprint density at radius 3 is 2.74 bits per heavy atom. The number of para-hydroxylation sites is 1. The average Bonchev–Trinajstić information content (AvgIpc) is 3.25. The Labute approximate surface area is 131 Å². The largest absolute Gasteiger partial charge is 0.573 e. The van der Waals surface area contributed by atoms with Gasteiger partial charge in [-0.3, -0.25) is 4.79 Å². The van der Waals surface area contributed by atoms with Crippen LogP contribution >= 0.6 is 0 Å². The number of alkyl halides is 3. The first-order valence-electron chi connectivity index (χ1n) is 7.66. The minimum Gasteiger partial charge on any atom is -0.405 e. The Balaban J connectivity index is 1.69. The van der Waals surface area contributed by atoms with Crippen LogP contribution in [0.4, 0.5) is 13.2 Å². The Bertz CT molecular complexity index is 590. The molecule has 1 N–H and O–H groups in total. The maximum absolute atomic E-state index is 12.5. The molecule has 1 amide bonds. The van der Waals surface area contributed by atoms with Crippen molar-refractivity contribution in [1.29, 1.82) is 0 Å². The smallest absolute Gasteiger partial charge is 0.405 e. The predicted molar refractivity (Wildman–Crippen MR) is 75.8 cm³/mol. The number of likely N-dealkylation sites (tertiary alicyclic amines) is 1. The second kappa shape index (κ2) is 6.03. The fourth-order valence-electron chi connectivity index (χ4n) is 3.21. The first-order chi connectivity index (χ1) is 10.8. The number of benzene rings is 1. The summed E-state index contributed by atoms with van der Waals surface area (Å²) in [6.45, 7) is 0.905. The standard InChI is InChI=1S/C16H18F3NO3/c17-16(18,19)23-14-6-2-1-5-11(14)12-8-13(12)15(22)20-7-3-4-10(21)9-20/h1-2,5-6,10,12-13,21H,3-4,7-9H2/t10-,12-,13-/m1/s1. The summed E-state index contributed by atoms with van der Waals surface area (Å²) in [7, 11) is 0. The number of carbonyl (C=O) groups is 1. The molecule has 0 aromatic heterocycles. The number of rotatable bonds is 3. The van der Waals surface area contributed by atoms with Gasteiger partial charge in [0.15, 0.2) is 0 Å². The molecular formula is C16H18F3NO3. The van der Waals surface area contributed by atoms with Gasteiger partial charge in [0.1, 0.15) is 5.75 Å². The molecule has 3 rings (SSSR count). The third-order valence-electron chi connectivity index (χ3n) is 4.36. The van der Waals surface area contributed by atoms with E-state index in [1.807, 2.05) is 0 Å². The molecule has 4 nitrogen and oxygen atoms in total. The zero-order valence-corrected chi connectivity index (χ0v) is 12.4. The normalized spacial score (nSPS) is 27.7. The van der Waals surface area contributed by atoms with Gasteiger partial charge in [-0.1, -0.05) is 18.2 Å². The molecule has 1 saturated heterocycles. The summed E-state index contributed by atoms with van der Waals surface area (Å²) in [5.41, 5.74) is 0.417. The number of aliphatic hydroxyl groups is 1. The Morgan fingerprint density at radius 1 is 1.30 bits per heavy atom. The third-order valence-corrected chi connectivity index (χ3v) is 4.36. The monoisotopic (exact) mass is 329 g/mol. The highest BCUT2D eigenvalue weighted by molar-refractivity contribution is 5.83. The molecule has 1 aliphatic carbocycles. The van der Waals surface area contributed by atoms with Crippen LogP contribution in [0.5, 0.6) is 5.75 Å². The van der Waals surface area contributed by atoms with Crippen LogP contribution in [0.3, 0.4) is 0 Å². The van der Waals surface area contributed by atoms with Gasteiger partial charge in [-0.05, 0) is 36.8 Å². The summed E-state index contributed by atoms with van der Waals surface area (Å²) < 4.78 is 41.5. The number of ether oxygens (including phenoxy) is 1. The van der Waals surface area contributed by atoms with Crippen LogP contribution in [0.25, 0.3) is 0 Å². The molecule has 0 unspecified atom stereocenters. The first-order valence-corrected chi connectivity index (χ1v) is 7.66. The lowest BCUT2D eigenvalue weighted by Gasteiger charge is -2.30. The maximum atomic E-state index is 12.5. The topological polar surface area (TPSA) is 49.8 Å². The van der Waals surface area contributed by atoms with Gasteiger partial charge in [-0.15, -0.1) is 13.2 Å². The molecule has 23 heavy (non-hydrogen) atoms. The van der Waals surface area contributed by atoms with E-state index in [2.05, 4.69) is 4.74 Å². The van der Waals surface area contributed by atoms with Crippen molar-refractivity contribution in [3.05, 3.63) is 29.8 Å². The van der Waals surface area contributed by atoms with E-state index in [0.29, 0.717) is 31.5 Å². The SMILES string of the molecule is O=C([C@@H]1C[C@@H]1c1ccccc1OC(F)(F)F)N1CCC[C@@H](O)C1. The van der Waals surface area contributed by atoms with Gasteiger partial charge < -0.3 is 14.7 Å². The number of carbonyl (C=O) groups excluding carboxylic acids is 1. The number of hydrogen-bond donors (Lipinski definition) is 1. The molecule has 7 heteroatoms. The molecule has 0 radical (unpaired) electrons. The fraction of sp³-hybridized carbons (Fsp3) is 0.562. The van der Waals surface area contributed by atoms with E-state index in [9.17, 15) is 23.1 Å². The van der Waals surface area contributed by atoms with Gasteiger partial charge >= 0.3 is 6.36 Å². The lowest BCUT2D eigenvalue weighted by Crippen LogP contribution is -2.43. The van der Waals surface area contributed by atoms with Crippen LogP contribution in [0.15, 0.2) is 24.3 Å². The van der Waals surface area contributed by atoms with Crippen molar-refractivity contribution < 1.29 is 27.8 Å². The van der Waals surface area contributed by atoms with Crippen LogP contribution in [0, 0.1) is 5.92 Å². The number of β-amino-alcohol motifs (C(OH)–C–C–N with tert-alkyl or cyclic N) is 1. The molecule has 126 valence electrons. The Kier molecular flexibility index (Phi) is 4.23. The van der Waals surface area contributed by atoms with Crippen molar-refractivity contribution in [3.63, 3.8) is 0 Å². The van der Waals surface area contributed by atoms with Gasteiger partial charge in [0, 0.05) is 19.0 Å². The summed E-state index contributed by atoms with van der Waals surface area (Å²) in [6.07, 6.45) is -3.31. The van der Waals surface area contributed by atoms with E-state index in [4.69, 9.17) is 0 Å². The number of aliphatic hydroxyl groups excluding tert-OH is 1. The van der Waals surface area contributed by atoms with Crippen molar-refractivity contribution in [1.82, 2.24) is 4.90 Å². The summed E-state index contributed by atoms with van der Waals surface area (Å²) in [6, 6.07) is 5.96. The molecule has 0 spiro atoms. The van der Waals surface area contributed by atoms with Gasteiger partial charge in [-0.2, -0.15) is 0 Å². The van der Waals surface area contributed by atoms with Crippen molar-refractivity contribution in [2.75, 3.05) is 13.1 Å². The minimum absolute atomic E-state index is 0.0874. The molecule has 1 saturated carbocycles. The molecule has 3 atom stereocenters. The molecular weight excluding hydrogens is 311 g/mol. The summed E-state index contributed by atoms with van der Waals surface area (Å²) in [4.78, 5) is 14.1. The Morgan fingerprint density at radius 2 is 2.04 bits per heavy atom. The van der Waals surface area contributed by atoms with Crippen LogP contribution in [0.2, 0.25) is 0 Å². The van der Waals surface area contributed by atoms with E-state index in [1.165, 1.54) is 12.1 Å². The number of hydrogen-bond acceptors (Lipinski definition) is 3. The zero-order valence-electron chi connectivity index (χ0n) is 12.4. The highest BCUT2D eigenvalue weighted by Gasteiger charge is 2.48. The molecule has 1 aromatic rings. The maximum Gasteiger partial charge on any atom is 0.573 e.